The molecular weight excluding hydrogens is 486 g/mol. The fourth-order valence-electron chi connectivity index (χ4n) is 1.90. The lowest BCUT2D eigenvalue weighted by Crippen LogP contribution is -2.32. The zero-order valence-electron chi connectivity index (χ0n) is 13.8. The van der Waals surface area contributed by atoms with Crippen molar-refractivity contribution in [2.45, 2.75) is 4.90 Å². The van der Waals surface area contributed by atoms with Gasteiger partial charge in [0.15, 0.2) is 6.61 Å². The topological polar surface area (TPSA) is 102 Å². The van der Waals surface area contributed by atoms with Gasteiger partial charge in [-0.2, -0.15) is 4.72 Å². The molecule has 2 rings (SSSR count). The molecule has 0 saturated heterocycles. The average Bonchev–Trinajstić information content (AvgIpc) is 2.61. The van der Waals surface area contributed by atoms with Gasteiger partial charge in [-0.1, -0.05) is 27.5 Å². The van der Waals surface area contributed by atoms with E-state index in [9.17, 15) is 26.8 Å². The van der Waals surface area contributed by atoms with Gasteiger partial charge in [-0.3, -0.25) is 9.59 Å². The molecule has 0 atom stereocenters. The van der Waals surface area contributed by atoms with Gasteiger partial charge in [0, 0.05) is 10.5 Å². The fraction of sp³-hybridized carbons (Fsp3) is 0.125. The van der Waals surface area contributed by atoms with E-state index in [1.54, 1.807) is 0 Å². The van der Waals surface area contributed by atoms with Crippen LogP contribution < -0.4 is 10.0 Å². The number of hydrogen-bond acceptors (Lipinski definition) is 5. The fourth-order valence-corrected chi connectivity index (χ4v) is 3.91. The van der Waals surface area contributed by atoms with E-state index < -0.39 is 52.4 Å². The number of nitrogens with one attached hydrogen (secondary N) is 2. The number of benzene rings is 2. The zero-order valence-corrected chi connectivity index (χ0v) is 17.0. The van der Waals surface area contributed by atoms with Crippen LogP contribution in [0.3, 0.4) is 0 Å². The smallest absolute Gasteiger partial charge is 0.321 e. The van der Waals surface area contributed by atoms with Crippen LogP contribution in [0.5, 0.6) is 0 Å². The summed E-state index contributed by atoms with van der Waals surface area (Å²) in [6.45, 7) is -1.59. The summed E-state index contributed by atoms with van der Waals surface area (Å²) in [6.07, 6.45) is 0. The van der Waals surface area contributed by atoms with Gasteiger partial charge < -0.3 is 10.1 Å². The van der Waals surface area contributed by atoms with Gasteiger partial charge in [0.05, 0.1) is 10.7 Å². The van der Waals surface area contributed by atoms with Gasteiger partial charge in [0.2, 0.25) is 10.0 Å². The summed E-state index contributed by atoms with van der Waals surface area (Å²) in [4.78, 5) is 23.0. The second-order valence-corrected chi connectivity index (χ2v) is 8.29. The van der Waals surface area contributed by atoms with Crippen LogP contribution in [-0.2, 0) is 24.3 Å². The number of carbonyl (C=O) groups excluding carboxylic acids is 2. The number of halogens is 4. The summed E-state index contributed by atoms with van der Waals surface area (Å²) in [5, 5.41) is 1.96. The molecule has 2 aromatic carbocycles. The highest BCUT2D eigenvalue weighted by Crippen LogP contribution is 2.24. The number of amides is 1. The standard InChI is InChI=1S/C16H12BrClF2N2O5S/c17-9-1-4-14(11(18)5-9)28(25,26)21-7-16(24)27-8-15(23)22-13-6-10(19)2-3-12(13)20/h1-6,21H,7-8H2,(H,22,23). The summed E-state index contributed by atoms with van der Waals surface area (Å²) in [5.74, 6) is -3.64. The molecule has 0 spiro atoms. The third kappa shape index (κ3) is 6.23. The van der Waals surface area contributed by atoms with Gasteiger partial charge >= 0.3 is 5.97 Å². The molecule has 0 aliphatic carbocycles. The van der Waals surface area contributed by atoms with Crippen molar-refractivity contribution in [3.05, 3.63) is 57.5 Å². The number of rotatable bonds is 7. The maximum absolute atomic E-state index is 13.4. The van der Waals surface area contributed by atoms with Crippen molar-refractivity contribution in [1.29, 1.82) is 0 Å². The molecule has 1 amide bonds. The predicted octanol–water partition coefficient (Wildman–Crippen LogP) is 2.84. The van der Waals surface area contributed by atoms with Crippen molar-refractivity contribution in [2.75, 3.05) is 18.5 Å². The summed E-state index contributed by atoms with van der Waals surface area (Å²) >= 11 is 8.99. The Balaban J connectivity index is 1.86. The van der Waals surface area contributed by atoms with Crippen LogP contribution in [0.1, 0.15) is 0 Å². The molecule has 7 nitrogen and oxygen atoms in total. The highest BCUT2D eigenvalue weighted by atomic mass is 79.9. The second kappa shape index (κ2) is 9.41. The SMILES string of the molecule is O=C(COC(=O)CNS(=O)(=O)c1ccc(Br)cc1Cl)Nc1cc(F)ccc1F. The average molecular weight is 498 g/mol. The van der Waals surface area contributed by atoms with Crippen molar-refractivity contribution < 1.29 is 31.5 Å². The normalized spacial score (nSPS) is 11.1. The molecular formula is C16H12BrClF2N2O5S. The molecule has 0 unspecified atom stereocenters. The van der Waals surface area contributed by atoms with Crippen LogP contribution in [-0.4, -0.2) is 33.4 Å². The maximum Gasteiger partial charge on any atom is 0.321 e. The highest BCUT2D eigenvalue weighted by Gasteiger charge is 2.20. The number of carbonyl (C=O) groups is 2. The Kier molecular flexibility index (Phi) is 7.47. The first-order valence-electron chi connectivity index (χ1n) is 7.44. The zero-order chi connectivity index (χ0) is 20.9. The van der Waals surface area contributed by atoms with Gasteiger partial charge in [-0.05, 0) is 30.3 Å². The van der Waals surface area contributed by atoms with Crippen LogP contribution in [0.15, 0.2) is 45.8 Å². The van der Waals surface area contributed by atoms with E-state index in [-0.39, 0.29) is 9.92 Å². The summed E-state index contributed by atoms with van der Waals surface area (Å²) in [7, 11) is -4.10. The Morgan fingerprint density at radius 3 is 2.54 bits per heavy atom. The van der Waals surface area contributed by atoms with Crippen molar-refractivity contribution in [3.8, 4) is 0 Å². The molecule has 0 heterocycles. The van der Waals surface area contributed by atoms with Crippen molar-refractivity contribution in [1.82, 2.24) is 4.72 Å². The lowest BCUT2D eigenvalue weighted by molar-refractivity contribution is -0.146. The van der Waals surface area contributed by atoms with Crippen LogP contribution in [0.2, 0.25) is 5.02 Å². The summed E-state index contributed by atoms with van der Waals surface area (Å²) < 4.78 is 57.9. The number of esters is 1. The van der Waals surface area contributed by atoms with E-state index in [1.165, 1.54) is 18.2 Å². The third-order valence-electron chi connectivity index (χ3n) is 3.16. The van der Waals surface area contributed by atoms with Crippen LogP contribution in [0.4, 0.5) is 14.5 Å². The largest absolute Gasteiger partial charge is 0.455 e. The summed E-state index contributed by atoms with van der Waals surface area (Å²) in [6, 6.07) is 6.50. The molecule has 0 fully saturated rings. The van der Waals surface area contributed by atoms with Gasteiger partial charge in [0.1, 0.15) is 23.1 Å². The van der Waals surface area contributed by atoms with E-state index in [4.69, 9.17) is 11.6 Å². The molecule has 150 valence electrons. The van der Waals surface area contributed by atoms with Gasteiger partial charge in [-0.15, -0.1) is 0 Å². The van der Waals surface area contributed by atoms with Crippen LogP contribution >= 0.6 is 27.5 Å². The molecule has 0 saturated carbocycles. The molecule has 28 heavy (non-hydrogen) atoms. The van der Waals surface area contributed by atoms with E-state index >= 15 is 0 Å². The van der Waals surface area contributed by atoms with Gasteiger partial charge in [-0.25, -0.2) is 17.2 Å². The monoisotopic (exact) mass is 496 g/mol. The lowest BCUT2D eigenvalue weighted by atomic mass is 10.3. The van der Waals surface area contributed by atoms with Crippen molar-refractivity contribution in [2.24, 2.45) is 0 Å². The summed E-state index contributed by atoms with van der Waals surface area (Å²) in [5.41, 5.74) is -0.424. The number of ether oxygens (including phenoxy) is 1. The molecule has 0 aliphatic heterocycles. The van der Waals surface area contributed by atoms with E-state index in [2.05, 4.69) is 20.7 Å². The van der Waals surface area contributed by atoms with Crippen LogP contribution in [0.25, 0.3) is 0 Å². The Morgan fingerprint density at radius 2 is 1.86 bits per heavy atom. The molecule has 0 radical (unpaired) electrons. The minimum absolute atomic E-state index is 0.0632. The Bertz CT molecular complexity index is 1020. The van der Waals surface area contributed by atoms with E-state index in [0.29, 0.717) is 4.47 Å². The van der Waals surface area contributed by atoms with Crippen molar-refractivity contribution >= 4 is 55.1 Å². The number of anilines is 1. The molecule has 0 aromatic heterocycles. The predicted molar refractivity (Wildman–Crippen MR) is 100 cm³/mol. The Labute approximate surface area is 172 Å². The molecule has 0 aliphatic rings. The Hall–Kier alpha value is -2.08. The number of hydrogen-bond donors (Lipinski definition) is 2. The quantitative estimate of drug-likeness (QED) is 0.573. The minimum atomic E-state index is -4.10. The number of sulfonamides is 1. The first kappa shape index (κ1) is 22.2. The third-order valence-corrected chi connectivity index (χ3v) is 5.53. The lowest BCUT2D eigenvalue weighted by Gasteiger charge is -2.09. The van der Waals surface area contributed by atoms with Crippen LogP contribution in [0, 0.1) is 11.6 Å². The van der Waals surface area contributed by atoms with E-state index in [1.807, 2.05) is 10.0 Å². The molecule has 2 aromatic rings. The Morgan fingerprint density at radius 1 is 1.14 bits per heavy atom. The highest BCUT2D eigenvalue weighted by molar-refractivity contribution is 9.10. The first-order valence-corrected chi connectivity index (χ1v) is 10.1. The maximum atomic E-state index is 13.4. The molecule has 12 heteroatoms. The molecule has 2 N–H and O–H groups in total. The van der Waals surface area contributed by atoms with Crippen molar-refractivity contribution in [3.63, 3.8) is 0 Å². The van der Waals surface area contributed by atoms with Gasteiger partial charge in [0.25, 0.3) is 5.91 Å². The second-order valence-electron chi connectivity index (χ2n) is 5.23. The molecule has 0 bridgehead atoms. The first-order chi connectivity index (χ1) is 13.1. The van der Waals surface area contributed by atoms with E-state index in [0.717, 1.165) is 18.2 Å². The minimum Gasteiger partial charge on any atom is -0.455 e.